The number of hydrogen-bond acceptors (Lipinski definition) is 3. The highest BCUT2D eigenvalue weighted by molar-refractivity contribution is 6.02. The molecule has 0 aromatic heterocycles. The normalized spacial score (nSPS) is 17.7. The van der Waals surface area contributed by atoms with E-state index >= 15 is 0 Å². The van der Waals surface area contributed by atoms with Crippen LogP contribution in [0.25, 0.3) is 0 Å². The predicted molar refractivity (Wildman–Crippen MR) is 70.1 cm³/mol. The molecule has 1 fully saturated rings. The van der Waals surface area contributed by atoms with Crippen molar-refractivity contribution < 1.29 is 14.3 Å². The van der Waals surface area contributed by atoms with Gasteiger partial charge in [0.15, 0.2) is 5.78 Å². The number of benzene rings is 1. The van der Waals surface area contributed by atoms with E-state index in [1.807, 2.05) is 31.2 Å². The van der Waals surface area contributed by atoms with Crippen molar-refractivity contribution in [3.05, 3.63) is 29.8 Å². The highest BCUT2D eigenvalue weighted by Gasteiger charge is 2.41. The number of Topliss-reactive ketones (excluding diaryl/α,β-unsaturated/α-hetero) is 1. The lowest BCUT2D eigenvalue weighted by Crippen LogP contribution is -2.37. The molecule has 18 heavy (non-hydrogen) atoms. The average Bonchev–Trinajstić information content (AvgIpc) is 2.89. The van der Waals surface area contributed by atoms with E-state index < -0.39 is 5.60 Å². The fourth-order valence-electron chi connectivity index (χ4n) is 2.60. The Morgan fingerprint density at radius 1 is 1.22 bits per heavy atom. The van der Waals surface area contributed by atoms with Crippen LogP contribution in [-0.4, -0.2) is 25.1 Å². The van der Waals surface area contributed by atoms with Gasteiger partial charge in [-0.25, -0.2) is 0 Å². The first-order valence-corrected chi connectivity index (χ1v) is 6.54. The molecule has 3 heteroatoms. The molecule has 1 saturated carbocycles. The Kier molecular flexibility index (Phi) is 4.02. The number of ketones is 1. The fraction of sp³-hybridized carbons (Fsp3) is 0.533. The van der Waals surface area contributed by atoms with Crippen molar-refractivity contribution in [1.29, 1.82) is 0 Å². The van der Waals surface area contributed by atoms with E-state index in [0.29, 0.717) is 12.2 Å². The van der Waals surface area contributed by atoms with Crippen molar-refractivity contribution in [2.45, 2.75) is 38.2 Å². The van der Waals surface area contributed by atoms with Crippen LogP contribution in [-0.2, 0) is 4.74 Å². The van der Waals surface area contributed by atoms with Crippen molar-refractivity contribution in [2.24, 2.45) is 0 Å². The summed E-state index contributed by atoms with van der Waals surface area (Å²) < 4.78 is 10.9. The Morgan fingerprint density at radius 2 is 1.83 bits per heavy atom. The lowest BCUT2D eigenvalue weighted by atomic mass is 9.91. The van der Waals surface area contributed by atoms with Gasteiger partial charge in [0.25, 0.3) is 0 Å². The number of ether oxygens (including phenoxy) is 2. The number of rotatable bonds is 5. The van der Waals surface area contributed by atoms with E-state index in [9.17, 15) is 4.79 Å². The molecule has 0 N–H and O–H groups in total. The third kappa shape index (κ3) is 2.41. The Hall–Kier alpha value is -1.35. The molecule has 98 valence electrons. The van der Waals surface area contributed by atoms with Crippen LogP contribution >= 0.6 is 0 Å². The van der Waals surface area contributed by atoms with Crippen LogP contribution in [0.3, 0.4) is 0 Å². The summed E-state index contributed by atoms with van der Waals surface area (Å²) >= 11 is 0. The fourth-order valence-corrected chi connectivity index (χ4v) is 2.60. The minimum Gasteiger partial charge on any atom is -0.494 e. The SMILES string of the molecule is CCOc1ccc(C(=O)C2(OC)CCCC2)cc1. The molecule has 0 heterocycles. The minimum atomic E-state index is -0.590. The van der Waals surface area contributed by atoms with Crippen LogP contribution < -0.4 is 4.74 Å². The standard InChI is InChI=1S/C15H20O3/c1-3-18-13-8-6-12(7-9-13)14(16)15(17-2)10-4-5-11-15/h6-9H,3-5,10-11H2,1-2H3. The van der Waals surface area contributed by atoms with Gasteiger partial charge in [-0.15, -0.1) is 0 Å². The van der Waals surface area contributed by atoms with Gasteiger partial charge in [-0.1, -0.05) is 0 Å². The minimum absolute atomic E-state index is 0.102. The molecule has 0 atom stereocenters. The second-order valence-corrected chi connectivity index (χ2v) is 4.69. The van der Waals surface area contributed by atoms with Crippen LogP contribution in [0.5, 0.6) is 5.75 Å². The number of carbonyl (C=O) groups is 1. The largest absolute Gasteiger partial charge is 0.494 e. The van der Waals surface area contributed by atoms with Crippen LogP contribution in [0.1, 0.15) is 43.0 Å². The van der Waals surface area contributed by atoms with Gasteiger partial charge in [-0.3, -0.25) is 4.79 Å². The summed E-state index contributed by atoms with van der Waals surface area (Å²) in [5.74, 6) is 0.900. The van der Waals surface area contributed by atoms with Gasteiger partial charge in [0.2, 0.25) is 0 Å². The van der Waals surface area contributed by atoms with Crippen molar-refractivity contribution in [1.82, 2.24) is 0 Å². The van der Waals surface area contributed by atoms with Gasteiger partial charge in [0.1, 0.15) is 11.4 Å². The van der Waals surface area contributed by atoms with E-state index in [1.54, 1.807) is 7.11 Å². The third-order valence-corrected chi connectivity index (χ3v) is 3.64. The first-order chi connectivity index (χ1) is 8.72. The smallest absolute Gasteiger partial charge is 0.194 e. The molecule has 2 rings (SSSR count). The molecule has 0 spiro atoms. The summed E-state index contributed by atoms with van der Waals surface area (Å²) in [5, 5.41) is 0. The summed E-state index contributed by atoms with van der Waals surface area (Å²) in [4.78, 5) is 12.5. The zero-order valence-electron chi connectivity index (χ0n) is 11.1. The zero-order chi connectivity index (χ0) is 13.0. The third-order valence-electron chi connectivity index (χ3n) is 3.64. The maximum Gasteiger partial charge on any atom is 0.194 e. The van der Waals surface area contributed by atoms with Crippen molar-refractivity contribution in [3.63, 3.8) is 0 Å². The maximum atomic E-state index is 12.5. The summed E-state index contributed by atoms with van der Waals surface area (Å²) in [5.41, 5.74) is 0.120. The zero-order valence-corrected chi connectivity index (χ0v) is 11.1. The Morgan fingerprint density at radius 3 is 2.33 bits per heavy atom. The van der Waals surface area contributed by atoms with Gasteiger partial charge in [0, 0.05) is 12.7 Å². The average molecular weight is 248 g/mol. The molecule has 0 saturated heterocycles. The van der Waals surface area contributed by atoms with Gasteiger partial charge < -0.3 is 9.47 Å². The predicted octanol–water partition coefficient (Wildman–Crippen LogP) is 3.23. The molecule has 0 aliphatic heterocycles. The first kappa shape index (κ1) is 13.1. The molecule has 0 bridgehead atoms. The number of hydrogen-bond donors (Lipinski definition) is 0. The quantitative estimate of drug-likeness (QED) is 0.750. The highest BCUT2D eigenvalue weighted by atomic mass is 16.5. The van der Waals surface area contributed by atoms with Crippen LogP contribution in [0.4, 0.5) is 0 Å². The van der Waals surface area contributed by atoms with E-state index in [1.165, 1.54) is 0 Å². The van der Waals surface area contributed by atoms with E-state index in [0.717, 1.165) is 31.4 Å². The summed E-state index contributed by atoms with van der Waals surface area (Å²) in [7, 11) is 1.64. The van der Waals surface area contributed by atoms with Crippen molar-refractivity contribution in [2.75, 3.05) is 13.7 Å². The molecule has 1 aliphatic carbocycles. The van der Waals surface area contributed by atoms with Gasteiger partial charge in [-0.05, 0) is 56.9 Å². The molecule has 1 aromatic rings. The lowest BCUT2D eigenvalue weighted by Gasteiger charge is -2.25. The van der Waals surface area contributed by atoms with Gasteiger partial charge in [0.05, 0.1) is 6.61 Å². The molecule has 0 unspecified atom stereocenters. The monoisotopic (exact) mass is 248 g/mol. The lowest BCUT2D eigenvalue weighted by molar-refractivity contribution is 0.00602. The van der Waals surface area contributed by atoms with E-state index in [-0.39, 0.29) is 5.78 Å². The first-order valence-electron chi connectivity index (χ1n) is 6.54. The second kappa shape index (κ2) is 5.53. The molecule has 0 radical (unpaired) electrons. The maximum absolute atomic E-state index is 12.5. The summed E-state index contributed by atoms with van der Waals surface area (Å²) in [6.45, 7) is 2.58. The molecule has 1 aromatic carbocycles. The van der Waals surface area contributed by atoms with E-state index in [2.05, 4.69) is 0 Å². The Labute approximate surface area is 108 Å². The molecule has 0 amide bonds. The van der Waals surface area contributed by atoms with E-state index in [4.69, 9.17) is 9.47 Å². The van der Waals surface area contributed by atoms with Crippen molar-refractivity contribution in [3.8, 4) is 5.75 Å². The van der Waals surface area contributed by atoms with Crippen LogP contribution in [0, 0.1) is 0 Å². The second-order valence-electron chi connectivity index (χ2n) is 4.69. The summed E-state index contributed by atoms with van der Waals surface area (Å²) in [6.07, 6.45) is 3.79. The molecular formula is C15H20O3. The molecule has 3 nitrogen and oxygen atoms in total. The van der Waals surface area contributed by atoms with Gasteiger partial charge in [-0.2, -0.15) is 0 Å². The van der Waals surface area contributed by atoms with Crippen molar-refractivity contribution >= 4 is 5.78 Å². The number of methoxy groups -OCH3 is 1. The summed E-state index contributed by atoms with van der Waals surface area (Å²) in [6, 6.07) is 7.34. The van der Waals surface area contributed by atoms with Crippen LogP contribution in [0.2, 0.25) is 0 Å². The Bertz CT molecular complexity index is 402. The molecule has 1 aliphatic rings. The molecular weight excluding hydrogens is 228 g/mol. The Balaban J connectivity index is 2.17. The van der Waals surface area contributed by atoms with Crippen LogP contribution in [0.15, 0.2) is 24.3 Å². The topological polar surface area (TPSA) is 35.5 Å². The highest BCUT2D eigenvalue weighted by Crippen LogP contribution is 2.35. The van der Waals surface area contributed by atoms with Gasteiger partial charge >= 0.3 is 0 Å². The number of carbonyl (C=O) groups excluding carboxylic acids is 1.